The fourth-order valence-electron chi connectivity index (χ4n) is 2.93. The van der Waals surface area contributed by atoms with E-state index in [1.807, 2.05) is 19.1 Å². The number of nitrogens with zero attached hydrogens (tertiary/aromatic N) is 1. The highest BCUT2D eigenvalue weighted by Crippen LogP contribution is 2.23. The van der Waals surface area contributed by atoms with Crippen molar-refractivity contribution in [3.8, 4) is 0 Å². The average Bonchev–Trinajstić information content (AvgIpc) is 2.66. The molecular weight excluding hydrogens is 402 g/mol. The van der Waals surface area contributed by atoms with Crippen LogP contribution in [-0.2, 0) is 10.0 Å². The van der Waals surface area contributed by atoms with Crippen LogP contribution in [0.25, 0.3) is 0 Å². The fourth-order valence-corrected chi connectivity index (χ4v) is 4.86. The lowest BCUT2D eigenvalue weighted by Gasteiger charge is -2.25. The van der Waals surface area contributed by atoms with Crippen molar-refractivity contribution in [1.29, 1.82) is 0 Å². The number of aryl methyl sites for hydroxylation is 1. The van der Waals surface area contributed by atoms with Crippen LogP contribution in [0.4, 0.5) is 11.4 Å². The molecule has 8 heteroatoms. The van der Waals surface area contributed by atoms with Crippen LogP contribution in [0.15, 0.2) is 47.4 Å². The van der Waals surface area contributed by atoms with Gasteiger partial charge >= 0.3 is 0 Å². The SMILES string of the molecule is Cc1ccc(NC(=S)Nc2ccc(S(=O)(=O)N3CCCCC3)cc2)cc1Cl. The molecule has 5 nitrogen and oxygen atoms in total. The van der Waals surface area contributed by atoms with Crippen LogP contribution in [0.1, 0.15) is 24.8 Å². The molecule has 1 fully saturated rings. The van der Waals surface area contributed by atoms with Gasteiger partial charge in [-0.2, -0.15) is 4.31 Å². The molecule has 1 heterocycles. The Morgan fingerprint density at radius 2 is 1.59 bits per heavy atom. The summed E-state index contributed by atoms with van der Waals surface area (Å²) in [5.74, 6) is 0. The summed E-state index contributed by atoms with van der Waals surface area (Å²) in [6, 6.07) is 12.3. The Labute approximate surface area is 170 Å². The summed E-state index contributed by atoms with van der Waals surface area (Å²) in [6.07, 6.45) is 2.93. The molecule has 144 valence electrons. The molecule has 0 spiro atoms. The molecule has 0 amide bonds. The van der Waals surface area contributed by atoms with Crippen LogP contribution in [0.5, 0.6) is 0 Å². The molecular formula is C19H22ClN3O2S2. The Hall–Kier alpha value is -1.67. The van der Waals surface area contributed by atoms with Gasteiger partial charge < -0.3 is 10.6 Å². The lowest BCUT2D eigenvalue weighted by molar-refractivity contribution is 0.346. The molecule has 3 rings (SSSR count). The maximum absolute atomic E-state index is 12.7. The fraction of sp³-hybridized carbons (Fsp3) is 0.316. The normalized spacial score (nSPS) is 15.3. The largest absolute Gasteiger partial charge is 0.332 e. The zero-order chi connectivity index (χ0) is 19.4. The van der Waals surface area contributed by atoms with Gasteiger partial charge in [-0.25, -0.2) is 8.42 Å². The average molecular weight is 424 g/mol. The minimum absolute atomic E-state index is 0.305. The Morgan fingerprint density at radius 3 is 2.22 bits per heavy atom. The number of piperidine rings is 1. The van der Waals surface area contributed by atoms with Gasteiger partial charge in [0, 0.05) is 29.5 Å². The molecule has 1 aliphatic rings. The molecule has 2 aromatic carbocycles. The van der Waals surface area contributed by atoms with Crippen molar-refractivity contribution in [3.05, 3.63) is 53.1 Å². The Bertz CT molecular complexity index is 924. The van der Waals surface area contributed by atoms with Gasteiger partial charge in [-0.3, -0.25) is 0 Å². The quantitative estimate of drug-likeness (QED) is 0.702. The molecule has 0 radical (unpaired) electrons. The Morgan fingerprint density at radius 1 is 1.00 bits per heavy atom. The lowest BCUT2D eigenvalue weighted by Crippen LogP contribution is -2.35. The smallest absolute Gasteiger partial charge is 0.243 e. The molecule has 0 saturated carbocycles. The third-order valence-electron chi connectivity index (χ3n) is 4.49. The van der Waals surface area contributed by atoms with Gasteiger partial charge in [0.1, 0.15) is 0 Å². The van der Waals surface area contributed by atoms with Gasteiger partial charge in [0.05, 0.1) is 4.90 Å². The first-order chi connectivity index (χ1) is 12.9. The van der Waals surface area contributed by atoms with E-state index in [2.05, 4.69) is 10.6 Å². The van der Waals surface area contributed by atoms with E-state index in [1.54, 1.807) is 34.6 Å². The summed E-state index contributed by atoms with van der Waals surface area (Å²) in [4.78, 5) is 0.305. The van der Waals surface area contributed by atoms with Crippen LogP contribution in [0.3, 0.4) is 0 Å². The molecule has 2 N–H and O–H groups in total. The molecule has 0 bridgehead atoms. The Balaban J connectivity index is 1.64. The van der Waals surface area contributed by atoms with Crippen molar-refractivity contribution in [3.63, 3.8) is 0 Å². The van der Waals surface area contributed by atoms with Crippen LogP contribution in [0.2, 0.25) is 5.02 Å². The van der Waals surface area contributed by atoms with Crippen LogP contribution >= 0.6 is 23.8 Å². The second kappa shape index (κ2) is 8.56. The van der Waals surface area contributed by atoms with Gasteiger partial charge in [0.25, 0.3) is 0 Å². The molecule has 2 aromatic rings. The summed E-state index contributed by atoms with van der Waals surface area (Å²) < 4.78 is 26.9. The zero-order valence-electron chi connectivity index (χ0n) is 15.0. The summed E-state index contributed by atoms with van der Waals surface area (Å²) in [7, 11) is -3.42. The molecule has 1 saturated heterocycles. The first-order valence-corrected chi connectivity index (χ1v) is 11.0. The highest BCUT2D eigenvalue weighted by Gasteiger charge is 2.25. The number of hydrogen-bond acceptors (Lipinski definition) is 3. The zero-order valence-corrected chi connectivity index (χ0v) is 17.4. The Kier molecular flexibility index (Phi) is 6.37. The van der Waals surface area contributed by atoms with E-state index in [-0.39, 0.29) is 0 Å². The molecule has 27 heavy (non-hydrogen) atoms. The van der Waals surface area contributed by atoms with Gasteiger partial charge in [-0.15, -0.1) is 0 Å². The van der Waals surface area contributed by atoms with Crippen LogP contribution in [-0.4, -0.2) is 30.9 Å². The van der Waals surface area contributed by atoms with Gasteiger partial charge in [-0.1, -0.05) is 24.1 Å². The monoisotopic (exact) mass is 423 g/mol. The lowest BCUT2D eigenvalue weighted by atomic mass is 10.2. The van der Waals surface area contributed by atoms with Crippen molar-refractivity contribution in [2.45, 2.75) is 31.1 Å². The van der Waals surface area contributed by atoms with E-state index in [9.17, 15) is 8.42 Å². The first kappa shape index (κ1) is 20.1. The van der Waals surface area contributed by atoms with Crippen molar-refractivity contribution < 1.29 is 8.42 Å². The summed E-state index contributed by atoms with van der Waals surface area (Å²) in [6.45, 7) is 3.12. The number of halogens is 1. The minimum atomic E-state index is -3.42. The van der Waals surface area contributed by atoms with Crippen molar-refractivity contribution in [2.75, 3.05) is 23.7 Å². The minimum Gasteiger partial charge on any atom is -0.332 e. The number of nitrogens with one attached hydrogen (secondary N) is 2. The van der Waals surface area contributed by atoms with Gasteiger partial charge in [0.2, 0.25) is 10.0 Å². The number of sulfonamides is 1. The summed E-state index contributed by atoms with van der Waals surface area (Å²) in [5, 5.41) is 7.18. The van der Waals surface area contributed by atoms with Gasteiger partial charge in [0.15, 0.2) is 5.11 Å². The number of anilines is 2. The summed E-state index contributed by atoms with van der Waals surface area (Å²) >= 11 is 11.4. The molecule has 0 aromatic heterocycles. The second-order valence-electron chi connectivity index (χ2n) is 6.53. The standard InChI is InChI=1S/C19H22ClN3O2S2/c1-14-5-6-16(13-18(14)20)22-19(26)21-15-7-9-17(10-8-15)27(24,25)23-11-3-2-4-12-23/h5-10,13H,2-4,11-12H2,1H3,(H2,21,22,26). The molecule has 0 unspecified atom stereocenters. The highest BCUT2D eigenvalue weighted by atomic mass is 35.5. The van der Waals surface area contributed by atoms with Crippen molar-refractivity contribution >= 4 is 50.3 Å². The van der Waals surface area contributed by atoms with E-state index in [0.29, 0.717) is 33.8 Å². The molecule has 0 aliphatic carbocycles. The highest BCUT2D eigenvalue weighted by molar-refractivity contribution is 7.89. The number of rotatable bonds is 4. The molecule has 1 aliphatic heterocycles. The predicted molar refractivity (Wildman–Crippen MR) is 115 cm³/mol. The van der Waals surface area contributed by atoms with Crippen LogP contribution in [0, 0.1) is 6.92 Å². The first-order valence-electron chi connectivity index (χ1n) is 8.80. The van der Waals surface area contributed by atoms with Crippen molar-refractivity contribution in [2.24, 2.45) is 0 Å². The van der Waals surface area contributed by atoms with Crippen LogP contribution < -0.4 is 10.6 Å². The number of hydrogen-bond donors (Lipinski definition) is 2. The van der Waals surface area contributed by atoms with E-state index in [1.165, 1.54) is 0 Å². The summed E-state index contributed by atoms with van der Waals surface area (Å²) in [5.41, 5.74) is 2.49. The van der Waals surface area contributed by atoms with E-state index < -0.39 is 10.0 Å². The van der Waals surface area contributed by atoms with E-state index in [0.717, 1.165) is 30.5 Å². The maximum Gasteiger partial charge on any atom is 0.243 e. The topological polar surface area (TPSA) is 61.4 Å². The molecule has 0 atom stereocenters. The third kappa shape index (κ3) is 4.99. The van der Waals surface area contributed by atoms with E-state index >= 15 is 0 Å². The third-order valence-corrected chi connectivity index (χ3v) is 7.02. The second-order valence-corrected chi connectivity index (χ2v) is 9.29. The number of thiocarbonyl (C=S) groups is 1. The van der Waals surface area contributed by atoms with Crippen molar-refractivity contribution in [1.82, 2.24) is 4.31 Å². The maximum atomic E-state index is 12.7. The number of benzene rings is 2. The van der Waals surface area contributed by atoms with E-state index in [4.69, 9.17) is 23.8 Å². The van der Waals surface area contributed by atoms with Gasteiger partial charge in [-0.05, 0) is 73.9 Å². The predicted octanol–water partition coefficient (Wildman–Crippen LogP) is 4.63.